The van der Waals surface area contributed by atoms with Gasteiger partial charge in [0, 0.05) is 13.0 Å². The topological polar surface area (TPSA) is 92.8 Å². The Labute approximate surface area is 150 Å². The first kappa shape index (κ1) is 19.0. The second-order valence-corrected chi connectivity index (χ2v) is 6.47. The van der Waals surface area contributed by atoms with Crippen LogP contribution in [0, 0.1) is 0 Å². The van der Waals surface area contributed by atoms with E-state index in [0.717, 1.165) is 4.90 Å². The number of hydrogen-bond acceptors (Lipinski definition) is 6. The molecule has 0 unspecified atom stereocenters. The summed E-state index contributed by atoms with van der Waals surface area (Å²) in [5.74, 6) is -1.03. The van der Waals surface area contributed by atoms with E-state index in [1.54, 1.807) is 36.0 Å². The van der Waals surface area contributed by atoms with Gasteiger partial charge in [0.05, 0.1) is 18.2 Å². The summed E-state index contributed by atoms with van der Waals surface area (Å²) in [4.78, 5) is 49.3. The number of ether oxygens (including phenoxy) is 1. The van der Waals surface area contributed by atoms with Crippen molar-refractivity contribution in [3.63, 3.8) is 0 Å². The van der Waals surface area contributed by atoms with Crippen LogP contribution in [-0.4, -0.2) is 60.3 Å². The van der Waals surface area contributed by atoms with Crippen molar-refractivity contribution in [2.24, 2.45) is 0 Å². The van der Waals surface area contributed by atoms with E-state index in [0.29, 0.717) is 23.3 Å². The van der Waals surface area contributed by atoms with Crippen molar-refractivity contribution in [2.45, 2.75) is 18.9 Å². The van der Waals surface area contributed by atoms with Crippen LogP contribution >= 0.6 is 11.8 Å². The highest BCUT2D eigenvalue weighted by Gasteiger charge is 2.35. The number of nitrogens with zero attached hydrogens (tertiary/aromatic N) is 1. The average molecular weight is 364 g/mol. The third-order valence-corrected chi connectivity index (χ3v) is 4.52. The molecule has 1 N–H and O–H groups in total. The van der Waals surface area contributed by atoms with Crippen molar-refractivity contribution in [1.82, 2.24) is 10.2 Å². The minimum absolute atomic E-state index is 0.0331. The Morgan fingerprint density at radius 1 is 1.20 bits per heavy atom. The van der Waals surface area contributed by atoms with Crippen LogP contribution in [0.4, 0.5) is 0 Å². The smallest absolute Gasteiger partial charge is 0.328 e. The molecule has 0 aliphatic carbocycles. The van der Waals surface area contributed by atoms with E-state index in [1.807, 2.05) is 6.26 Å². The highest BCUT2D eigenvalue weighted by atomic mass is 32.2. The van der Waals surface area contributed by atoms with Gasteiger partial charge in [0.2, 0.25) is 5.91 Å². The van der Waals surface area contributed by atoms with Gasteiger partial charge in [0.15, 0.2) is 0 Å². The first-order valence-corrected chi connectivity index (χ1v) is 9.20. The number of benzene rings is 1. The Kier molecular flexibility index (Phi) is 6.58. The van der Waals surface area contributed by atoms with Gasteiger partial charge in [-0.2, -0.15) is 11.8 Å². The van der Waals surface area contributed by atoms with Crippen LogP contribution in [0.3, 0.4) is 0 Å². The molecule has 3 amide bonds. The monoisotopic (exact) mass is 364 g/mol. The van der Waals surface area contributed by atoms with Crippen molar-refractivity contribution in [3.05, 3.63) is 35.4 Å². The Hall–Kier alpha value is -2.35. The van der Waals surface area contributed by atoms with E-state index >= 15 is 0 Å². The third-order valence-electron chi connectivity index (χ3n) is 3.87. The Morgan fingerprint density at radius 3 is 2.32 bits per heavy atom. The van der Waals surface area contributed by atoms with Crippen molar-refractivity contribution in [1.29, 1.82) is 0 Å². The minimum Gasteiger partial charge on any atom is -0.467 e. The Morgan fingerprint density at radius 2 is 1.80 bits per heavy atom. The average Bonchev–Trinajstić information content (AvgIpc) is 2.87. The maximum absolute atomic E-state index is 12.2. The van der Waals surface area contributed by atoms with Gasteiger partial charge in [-0.05, 0) is 30.6 Å². The number of carbonyl (C=O) groups excluding carboxylic acids is 4. The van der Waals surface area contributed by atoms with E-state index in [2.05, 4.69) is 10.1 Å². The molecule has 2 rings (SSSR count). The lowest BCUT2D eigenvalue weighted by atomic mass is 10.1. The number of hydrogen-bond donors (Lipinski definition) is 1. The zero-order valence-electron chi connectivity index (χ0n) is 14.1. The van der Waals surface area contributed by atoms with Crippen molar-refractivity contribution < 1.29 is 23.9 Å². The molecule has 0 radical (unpaired) electrons. The number of thioether (sulfide) groups is 1. The molecule has 1 aliphatic rings. The highest BCUT2D eigenvalue weighted by molar-refractivity contribution is 7.98. The summed E-state index contributed by atoms with van der Waals surface area (Å²) >= 11 is 1.56. The van der Waals surface area contributed by atoms with E-state index in [1.165, 1.54) is 7.11 Å². The SMILES string of the molecule is COC(=O)[C@@H](CCSC)NC(=O)CCN1C(=O)c2ccccc2C1=O. The number of amides is 3. The van der Waals surface area contributed by atoms with Gasteiger partial charge >= 0.3 is 5.97 Å². The second-order valence-electron chi connectivity index (χ2n) is 5.48. The van der Waals surface area contributed by atoms with Gasteiger partial charge in [-0.15, -0.1) is 0 Å². The van der Waals surface area contributed by atoms with Gasteiger partial charge < -0.3 is 10.1 Å². The van der Waals surface area contributed by atoms with Gasteiger partial charge in [0.25, 0.3) is 11.8 Å². The van der Waals surface area contributed by atoms with E-state index in [4.69, 9.17) is 0 Å². The normalized spacial score (nSPS) is 14.2. The zero-order valence-corrected chi connectivity index (χ0v) is 14.9. The van der Waals surface area contributed by atoms with Crippen LogP contribution in [0.2, 0.25) is 0 Å². The molecule has 0 saturated carbocycles. The molecule has 0 saturated heterocycles. The molecule has 1 atom stereocenters. The molecule has 1 heterocycles. The summed E-state index contributed by atoms with van der Waals surface area (Å²) in [6.07, 6.45) is 2.28. The third kappa shape index (κ3) is 4.39. The Balaban J connectivity index is 1.92. The van der Waals surface area contributed by atoms with Gasteiger partial charge in [-0.3, -0.25) is 19.3 Å². The van der Waals surface area contributed by atoms with Crippen LogP contribution < -0.4 is 5.32 Å². The summed E-state index contributed by atoms with van der Waals surface area (Å²) in [6.45, 7) is -0.0331. The molecule has 0 fully saturated rings. The van der Waals surface area contributed by atoms with Crippen LogP contribution in [-0.2, 0) is 14.3 Å². The molecular weight excluding hydrogens is 344 g/mol. The summed E-state index contributed by atoms with van der Waals surface area (Å²) in [5, 5.41) is 2.60. The molecule has 0 bridgehead atoms. The first-order chi connectivity index (χ1) is 12.0. The lowest BCUT2D eigenvalue weighted by Crippen LogP contribution is -2.43. The number of imide groups is 1. The summed E-state index contributed by atoms with van der Waals surface area (Å²) in [6, 6.07) is 5.82. The van der Waals surface area contributed by atoms with Crippen LogP contribution in [0.25, 0.3) is 0 Å². The highest BCUT2D eigenvalue weighted by Crippen LogP contribution is 2.22. The largest absolute Gasteiger partial charge is 0.467 e. The van der Waals surface area contributed by atoms with Crippen LogP contribution in [0.5, 0.6) is 0 Å². The molecule has 0 spiro atoms. The van der Waals surface area contributed by atoms with Crippen LogP contribution in [0.1, 0.15) is 33.6 Å². The second kappa shape index (κ2) is 8.66. The van der Waals surface area contributed by atoms with Crippen LogP contribution in [0.15, 0.2) is 24.3 Å². The zero-order chi connectivity index (χ0) is 18.4. The van der Waals surface area contributed by atoms with Gasteiger partial charge in [0.1, 0.15) is 6.04 Å². The molecule has 1 aromatic rings. The minimum atomic E-state index is -0.730. The molecule has 1 aliphatic heterocycles. The molecule has 25 heavy (non-hydrogen) atoms. The summed E-state index contributed by atoms with van der Waals surface area (Å²) in [5.41, 5.74) is 0.695. The number of rotatable bonds is 8. The molecule has 134 valence electrons. The molecule has 7 nitrogen and oxygen atoms in total. The fourth-order valence-corrected chi connectivity index (χ4v) is 3.02. The fourth-order valence-electron chi connectivity index (χ4n) is 2.55. The predicted octanol–water partition coefficient (Wildman–Crippen LogP) is 1.08. The van der Waals surface area contributed by atoms with Gasteiger partial charge in [-0.25, -0.2) is 4.79 Å². The maximum Gasteiger partial charge on any atom is 0.328 e. The van der Waals surface area contributed by atoms with E-state index in [-0.39, 0.29) is 13.0 Å². The summed E-state index contributed by atoms with van der Waals surface area (Å²) in [7, 11) is 1.26. The molecular formula is C17H20N2O5S. The number of nitrogens with one attached hydrogen (secondary N) is 1. The lowest BCUT2D eigenvalue weighted by molar-refractivity contribution is -0.145. The summed E-state index contributed by atoms with van der Waals surface area (Å²) < 4.78 is 4.68. The van der Waals surface area contributed by atoms with E-state index < -0.39 is 29.7 Å². The number of esters is 1. The molecule has 8 heteroatoms. The lowest BCUT2D eigenvalue weighted by Gasteiger charge is -2.17. The Bertz CT molecular complexity index is 656. The predicted molar refractivity (Wildman–Crippen MR) is 93.4 cm³/mol. The quantitative estimate of drug-likeness (QED) is 0.548. The van der Waals surface area contributed by atoms with Crippen molar-refractivity contribution in [3.8, 4) is 0 Å². The number of methoxy groups -OCH3 is 1. The molecule has 1 aromatic carbocycles. The van der Waals surface area contributed by atoms with Gasteiger partial charge in [-0.1, -0.05) is 12.1 Å². The van der Waals surface area contributed by atoms with E-state index in [9.17, 15) is 19.2 Å². The molecule has 0 aromatic heterocycles. The maximum atomic E-state index is 12.2. The standard InChI is InChI=1S/C17H20N2O5S/c1-24-17(23)13(8-10-25-2)18-14(20)7-9-19-15(21)11-5-3-4-6-12(11)16(19)22/h3-6,13H,7-10H2,1-2H3,(H,18,20)/t13-/m1/s1. The first-order valence-electron chi connectivity index (χ1n) is 7.81. The fraction of sp³-hybridized carbons (Fsp3) is 0.412. The van der Waals surface area contributed by atoms with Crippen molar-refractivity contribution in [2.75, 3.05) is 25.7 Å². The number of fused-ring (bicyclic) bond motifs is 1. The number of carbonyl (C=O) groups is 4. The van der Waals surface area contributed by atoms with Crippen molar-refractivity contribution >= 4 is 35.5 Å².